The molecule has 0 saturated heterocycles. The molecule has 0 spiro atoms. The Balaban J connectivity index is 2.66. The summed E-state index contributed by atoms with van der Waals surface area (Å²) in [6.45, 7) is 6.25. The van der Waals surface area contributed by atoms with E-state index in [1.54, 1.807) is 0 Å². The summed E-state index contributed by atoms with van der Waals surface area (Å²) in [6.07, 6.45) is 5.16. The lowest BCUT2D eigenvalue weighted by atomic mass is 10.1. The van der Waals surface area contributed by atoms with Gasteiger partial charge in [0.2, 0.25) is 0 Å². The summed E-state index contributed by atoms with van der Waals surface area (Å²) >= 11 is 0. The van der Waals surface area contributed by atoms with Crippen molar-refractivity contribution in [3.05, 3.63) is 22.6 Å². The molecule has 0 atom stereocenters. The molecule has 0 bridgehead atoms. The summed E-state index contributed by atoms with van der Waals surface area (Å²) in [5.41, 5.74) is 2.32. The van der Waals surface area contributed by atoms with Crippen LogP contribution < -0.4 is 0 Å². The molecule has 17 heavy (non-hydrogen) atoms. The molecule has 0 aliphatic heterocycles. The highest BCUT2D eigenvalue weighted by atomic mass is 16.4. The minimum absolute atomic E-state index is 0.141. The Labute approximate surface area is 103 Å². The van der Waals surface area contributed by atoms with Gasteiger partial charge >= 0.3 is 5.97 Å². The van der Waals surface area contributed by atoms with Crippen molar-refractivity contribution >= 4 is 5.97 Å². The van der Waals surface area contributed by atoms with Crippen molar-refractivity contribution < 1.29 is 14.3 Å². The Hall–Kier alpha value is -1.25. The van der Waals surface area contributed by atoms with Crippen LogP contribution in [0.25, 0.3) is 0 Å². The molecule has 0 aromatic carbocycles. The Morgan fingerprint density at radius 2 is 1.71 bits per heavy atom. The van der Waals surface area contributed by atoms with E-state index in [1.807, 2.05) is 6.92 Å². The van der Waals surface area contributed by atoms with Crippen LogP contribution in [0.1, 0.15) is 55.3 Å². The molecule has 3 nitrogen and oxygen atoms in total. The molecule has 1 N–H and O–H groups in total. The van der Waals surface area contributed by atoms with E-state index in [9.17, 15) is 4.79 Å². The van der Waals surface area contributed by atoms with Crippen LogP contribution in [-0.4, -0.2) is 11.1 Å². The molecule has 3 heteroatoms. The molecule has 1 rings (SSSR count). The van der Waals surface area contributed by atoms with Gasteiger partial charge in [0, 0.05) is 12.8 Å². The lowest BCUT2D eigenvalue weighted by Crippen LogP contribution is -1.97. The summed E-state index contributed by atoms with van der Waals surface area (Å²) in [5, 5.41) is 8.67. The normalized spacial score (nSPS) is 10.8. The van der Waals surface area contributed by atoms with Gasteiger partial charge in [-0.1, -0.05) is 19.8 Å². The van der Waals surface area contributed by atoms with Gasteiger partial charge in [0.15, 0.2) is 0 Å². The third-order valence-corrected chi connectivity index (χ3v) is 3.22. The third kappa shape index (κ3) is 3.91. The zero-order chi connectivity index (χ0) is 12.8. The van der Waals surface area contributed by atoms with Gasteiger partial charge in [-0.25, -0.2) is 0 Å². The zero-order valence-corrected chi connectivity index (χ0v) is 11.0. The quantitative estimate of drug-likeness (QED) is 0.738. The molecule has 0 unspecified atom stereocenters. The minimum Gasteiger partial charge on any atom is -0.481 e. The standard InChI is InChI=1S/C14H22O3/c1-4-5-6-7-12-10(2)11(3)13(17-12)8-9-14(15)16/h4-9H2,1-3H3,(H,15,16). The average molecular weight is 238 g/mol. The Morgan fingerprint density at radius 3 is 2.24 bits per heavy atom. The fraction of sp³-hybridized carbons (Fsp3) is 0.643. The number of carbonyl (C=O) groups is 1. The van der Waals surface area contributed by atoms with Crippen molar-refractivity contribution in [2.24, 2.45) is 0 Å². The predicted molar refractivity (Wildman–Crippen MR) is 67.4 cm³/mol. The van der Waals surface area contributed by atoms with E-state index in [-0.39, 0.29) is 6.42 Å². The van der Waals surface area contributed by atoms with Gasteiger partial charge in [0.25, 0.3) is 0 Å². The van der Waals surface area contributed by atoms with Crippen molar-refractivity contribution in [1.29, 1.82) is 0 Å². The molecule has 0 fully saturated rings. The van der Waals surface area contributed by atoms with E-state index in [2.05, 4.69) is 13.8 Å². The number of furan rings is 1. The Bertz CT molecular complexity index is 377. The first-order valence-corrected chi connectivity index (χ1v) is 6.35. The highest BCUT2D eigenvalue weighted by Crippen LogP contribution is 2.24. The van der Waals surface area contributed by atoms with Crippen LogP contribution in [0, 0.1) is 13.8 Å². The maximum atomic E-state index is 10.5. The number of hydrogen-bond donors (Lipinski definition) is 1. The van der Waals surface area contributed by atoms with Gasteiger partial charge in [-0.2, -0.15) is 0 Å². The Kier molecular flexibility index (Phi) is 5.26. The summed E-state index contributed by atoms with van der Waals surface area (Å²) in [5.74, 6) is 1.11. The number of rotatable bonds is 7. The van der Waals surface area contributed by atoms with Gasteiger partial charge in [0.1, 0.15) is 11.5 Å². The highest BCUT2D eigenvalue weighted by molar-refractivity contribution is 5.67. The number of carboxylic acid groups (broad SMARTS) is 1. The molecule has 1 aromatic rings. The Morgan fingerprint density at radius 1 is 1.12 bits per heavy atom. The van der Waals surface area contributed by atoms with Crippen molar-refractivity contribution in [2.45, 2.75) is 59.3 Å². The number of hydrogen-bond acceptors (Lipinski definition) is 2. The third-order valence-electron chi connectivity index (χ3n) is 3.22. The van der Waals surface area contributed by atoms with Crippen LogP contribution in [0.2, 0.25) is 0 Å². The van der Waals surface area contributed by atoms with E-state index in [0.717, 1.165) is 29.9 Å². The molecule has 0 aliphatic rings. The van der Waals surface area contributed by atoms with Gasteiger partial charge in [-0.05, 0) is 31.4 Å². The van der Waals surface area contributed by atoms with Gasteiger partial charge in [-0.3, -0.25) is 4.79 Å². The monoisotopic (exact) mass is 238 g/mol. The molecular formula is C14H22O3. The van der Waals surface area contributed by atoms with Crippen molar-refractivity contribution in [2.75, 3.05) is 0 Å². The maximum absolute atomic E-state index is 10.5. The summed E-state index contributed by atoms with van der Waals surface area (Å²) in [7, 11) is 0. The van der Waals surface area contributed by atoms with Crippen LogP contribution in [-0.2, 0) is 17.6 Å². The predicted octanol–water partition coefficient (Wildman–Crippen LogP) is 3.65. The molecule has 0 saturated carbocycles. The summed E-state index contributed by atoms with van der Waals surface area (Å²) in [4.78, 5) is 10.5. The number of aryl methyl sites for hydroxylation is 2. The van der Waals surface area contributed by atoms with Crippen molar-refractivity contribution in [1.82, 2.24) is 0 Å². The molecular weight excluding hydrogens is 216 g/mol. The maximum Gasteiger partial charge on any atom is 0.303 e. The van der Waals surface area contributed by atoms with Crippen LogP contribution in [0.3, 0.4) is 0 Å². The fourth-order valence-electron chi connectivity index (χ4n) is 1.95. The van der Waals surface area contributed by atoms with Crippen LogP contribution in [0.15, 0.2) is 4.42 Å². The lowest BCUT2D eigenvalue weighted by Gasteiger charge is -1.97. The number of aliphatic carboxylic acids is 1. The first-order chi connectivity index (χ1) is 8.06. The van der Waals surface area contributed by atoms with Gasteiger partial charge in [0.05, 0.1) is 6.42 Å². The summed E-state index contributed by atoms with van der Waals surface area (Å²) < 4.78 is 5.78. The first-order valence-electron chi connectivity index (χ1n) is 6.35. The minimum atomic E-state index is -0.772. The average Bonchev–Trinajstić information content (AvgIpc) is 2.55. The van der Waals surface area contributed by atoms with E-state index in [0.29, 0.717) is 6.42 Å². The van der Waals surface area contributed by atoms with Crippen molar-refractivity contribution in [3.63, 3.8) is 0 Å². The van der Waals surface area contributed by atoms with Crippen LogP contribution in [0.4, 0.5) is 0 Å². The molecule has 96 valence electrons. The molecule has 1 aromatic heterocycles. The second-order valence-corrected chi connectivity index (χ2v) is 4.55. The molecule has 0 aliphatic carbocycles. The van der Waals surface area contributed by atoms with E-state index < -0.39 is 5.97 Å². The number of carboxylic acids is 1. The smallest absolute Gasteiger partial charge is 0.303 e. The molecule has 0 radical (unpaired) electrons. The van der Waals surface area contributed by atoms with Gasteiger partial charge in [-0.15, -0.1) is 0 Å². The van der Waals surface area contributed by atoms with Crippen LogP contribution in [0.5, 0.6) is 0 Å². The summed E-state index contributed by atoms with van der Waals surface area (Å²) in [6, 6.07) is 0. The molecule has 1 heterocycles. The fourth-order valence-corrected chi connectivity index (χ4v) is 1.95. The zero-order valence-electron chi connectivity index (χ0n) is 11.0. The number of unbranched alkanes of at least 4 members (excludes halogenated alkanes) is 2. The van der Waals surface area contributed by atoms with Gasteiger partial charge < -0.3 is 9.52 Å². The van der Waals surface area contributed by atoms with Crippen molar-refractivity contribution in [3.8, 4) is 0 Å². The second-order valence-electron chi connectivity index (χ2n) is 4.55. The SMILES string of the molecule is CCCCCc1oc(CCC(=O)O)c(C)c1C. The largest absolute Gasteiger partial charge is 0.481 e. The van der Waals surface area contributed by atoms with E-state index in [4.69, 9.17) is 9.52 Å². The molecule has 0 amide bonds. The van der Waals surface area contributed by atoms with E-state index >= 15 is 0 Å². The lowest BCUT2D eigenvalue weighted by molar-refractivity contribution is -0.137. The first kappa shape index (κ1) is 13.8. The second kappa shape index (κ2) is 6.48. The van der Waals surface area contributed by atoms with Crippen LogP contribution >= 0.6 is 0 Å². The topological polar surface area (TPSA) is 50.4 Å². The highest BCUT2D eigenvalue weighted by Gasteiger charge is 2.13. The van der Waals surface area contributed by atoms with E-state index in [1.165, 1.54) is 18.4 Å².